The molecule has 1 aliphatic carbocycles. The molecule has 1 aliphatic rings. The Kier molecular flexibility index (Phi) is 6.18. The normalized spacial score (nSPS) is 17.8. The van der Waals surface area contributed by atoms with Gasteiger partial charge in [-0.25, -0.2) is 18.6 Å². The predicted octanol–water partition coefficient (Wildman–Crippen LogP) is 4.86. The van der Waals surface area contributed by atoms with Crippen molar-refractivity contribution in [2.75, 3.05) is 10.7 Å². The van der Waals surface area contributed by atoms with Gasteiger partial charge in [0.05, 0.1) is 4.92 Å². The van der Waals surface area contributed by atoms with Crippen molar-refractivity contribution in [3.63, 3.8) is 0 Å². The lowest BCUT2D eigenvalue weighted by Gasteiger charge is -2.19. The Morgan fingerprint density at radius 2 is 2.14 bits per heavy atom. The number of rotatable bonds is 7. The van der Waals surface area contributed by atoms with Crippen LogP contribution in [0.25, 0.3) is 0 Å². The fraction of sp³-hybridized carbons (Fsp3) is 0.353. The predicted molar refractivity (Wildman–Crippen MR) is 103 cm³/mol. The Bertz CT molecular complexity index is 981. The molecule has 3 rings (SSSR count). The third kappa shape index (κ3) is 4.40. The molecule has 0 unspecified atom stereocenters. The maximum atomic E-state index is 13.5. The topological polar surface area (TPSA) is 109 Å². The number of amides is 1. The van der Waals surface area contributed by atoms with Crippen LogP contribution >= 0.6 is 23.4 Å². The highest BCUT2D eigenvalue weighted by molar-refractivity contribution is 7.99. The van der Waals surface area contributed by atoms with E-state index in [1.54, 1.807) is 0 Å². The molecule has 12 heteroatoms. The fourth-order valence-electron chi connectivity index (χ4n) is 2.94. The summed E-state index contributed by atoms with van der Waals surface area (Å²) in [6, 6.07) is 2.57. The number of hydrogen-bond acceptors (Lipinski definition) is 6. The zero-order valence-corrected chi connectivity index (χ0v) is 16.6. The van der Waals surface area contributed by atoms with Crippen LogP contribution in [0.4, 0.5) is 25.1 Å². The van der Waals surface area contributed by atoms with Gasteiger partial charge in [0.25, 0.3) is 0 Å². The van der Waals surface area contributed by atoms with E-state index >= 15 is 0 Å². The van der Waals surface area contributed by atoms with Gasteiger partial charge in [0.1, 0.15) is 0 Å². The minimum Gasteiger partial charge on any atom is -0.465 e. The molecule has 0 radical (unpaired) electrons. The number of anilines is 1. The van der Waals surface area contributed by atoms with Gasteiger partial charge in [0.2, 0.25) is 11.0 Å². The number of hydrogen-bond donors (Lipinski definition) is 1. The molecule has 154 valence electrons. The zero-order chi connectivity index (χ0) is 21.3. The highest BCUT2D eigenvalue weighted by Crippen LogP contribution is 2.48. The monoisotopic (exact) mass is 444 g/mol. The molecule has 1 aromatic heterocycles. The smallest absolute Gasteiger partial charge is 0.413 e. The highest BCUT2D eigenvalue weighted by Gasteiger charge is 2.49. The van der Waals surface area contributed by atoms with Crippen molar-refractivity contribution in [1.82, 2.24) is 9.97 Å². The fourth-order valence-corrected chi connectivity index (χ4v) is 3.92. The van der Waals surface area contributed by atoms with Crippen LogP contribution in [0.1, 0.15) is 31.2 Å². The largest absolute Gasteiger partial charge is 0.465 e. The lowest BCUT2D eigenvalue weighted by Crippen LogP contribution is -2.34. The molecular formula is C17H15ClF2N4O4S. The molecule has 0 spiro atoms. The SMILES string of the molecule is CCCSc1nc(Cl)c([N+](=O)[O-])c(N(C(=O)O)[C@@H]2C[C@H]2c2ccc(F)c(F)c2)n1. The second kappa shape index (κ2) is 8.46. The van der Waals surface area contributed by atoms with Crippen molar-refractivity contribution in [3.8, 4) is 0 Å². The van der Waals surface area contributed by atoms with E-state index in [-0.39, 0.29) is 11.6 Å². The average molecular weight is 445 g/mol. The van der Waals surface area contributed by atoms with Crippen molar-refractivity contribution in [2.24, 2.45) is 0 Å². The van der Waals surface area contributed by atoms with E-state index in [4.69, 9.17) is 11.6 Å². The Balaban J connectivity index is 2.01. The van der Waals surface area contributed by atoms with Gasteiger partial charge in [-0.2, -0.15) is 4.98 Å². The standard InChI is InChI=1S/C17H15ClF2N4O4S/c1-2-5-29-16-21-14(18)13(24(27)28)15(22-16)23(17(25)26)12-7-9(12)8-3-4-10(19)11(20)6-8/h3-4,6,9,12H,2,5,7H2,1H3,(H,25,26)/t9-,12+/m0/s1. The van der Waals surface area contributed by atoms with E-state index in [0.29, 0.717) is 11.3 Å². The van der Waals surface area contributed by atoms with Crippen LogP contribution in [0.3, 0.4) is 0 Å². The van der Waals surface area contributed by atoms with Crippen molar-refractivity contribution in [1.29, 1.82) is 0 Å². The zero-order valence-electron chi connectivity index (χ0n) is 15.0. The van der Waals surface area contributed by atoms with Crippen LogP contribution in [-0.4, -0.2) is 37.9 Å². The van der Waals surface area contributed by atoms with Crippen LogP contribution in [0.5, 0.6) is 0 Å². The van der Waals surface area contributed by atoms with Gasteiger partial charge in [-0.1, -0.05) is 36.4 Å². The van der Waals surface area contributed by atoms with E-state index in [1.165, 1.54) is 17.8 Å². The number of nitro groups is 1. The van der Waals surface area contributed by atoms with Crippen molar-refractivity contribution >= 4 is 41.0 Å². The molecule has 1 fully saturated rings. The Hall–Kier alpha value is -2.53. The summed E-state index contributed by atoms with van der Waals surface area (Å²) < 4.78 is 26.7. The van der Waals surface area contributed by atoms with Crippen molar-refractivity contribution < 1.29 is 23.6 Å². The van der Waals surface area contributed by atoms with Crippen molar-refractivity contribution in [2.45, 2.75) is 36.9 Å². The van der Waals surface area contributed by atoms with Gasteiger partial charge in [-0.3, -0.25) is 15.0 Å². The number of carboxylic acid groups (broad SMARTS) is 1. The van der Waals surface area contributed by atoms with Gasteiger partial charge >= 0.3 is 11.8 Å². The summed E-state index contributed by atoms with van der Waals surface area (Å²) in [4.78, 5) is 31.3. The molecule has 1 heterocycles. The van der Waals surface area contributed by atoms with Gasteiger partial charge in [-0.05, 0) is 30.5 Å². The molecule has 0 saturated heterocycles. The third-order valence-electron chi connectivity index (χ3n) is 4.31. The highest BCUT2D eigenvalue weighted by atomic mass is 35.5. The minimum absolute atomic E-state index is 0.119. The second-order valence-corrected chi connectivity index (χ2v) is 7.73. The number of halogens is 3. The minimum atomic E-state index is -1.47. The van der Waals surface area contributed by atoms with Crippen LogP contribution in [0.2, 0.25) is 5.15 Å². The molecule has 2 atom stereocenters. The van der Waals surface area contributed by atoms with E-state index < -0.39 is 51.3 Å². The molecule has 2 aromatic rings. The van der Waals surface area contributed by atoms with E-state index in [0.717, 1.165) is 23.5 Å². The lowest BCUT2D eigenvalue weighted by molar-refractivity contribution is -0.384. The molecule has 1 N–H and O–H groups in total. The summed E-state index contributed by atoms with van der Waals surface area (Å²) in [6.45, 7) is 1.92. The molecule has 1 saturated carbocycles. The van der Waals surface area contributed by atoms with Gasteiger partial charge in [0.15, 0.2) is 16.8 Å². The van der Waals surface area contributed by atoms with Crippen LogP contribution in [0.15, 0.2) is 23.4 Å². The maximum absolute atomic E-state index is 13.5. The molecular weight excluding hydrogens is 430 g/mol. The molecule has 29 heavy (non-hydrogen) atoms. The molecule has 0 aliphatic heterocycles. The molecule has 1 amide bonds. The van der Waals surface area contributed by atoms with Crippen LogP contribution in [0, 0.1) is 21.7 Å². The second-order valence-electron chi connectivity index (χ2n) is 6.31. The lowest BCUT2D eigenvalue weighted by atomic mass is 10.1. The van der Waals surface area contributed by atoms with Crippen LogP contribution in [-0.2, 0) is 0 Å². The summed E-state index contributed by atoms with van der Waals surface area (Å²) in [5, 5.41) is 20.9. The quantitative estimate of drug-likeness (QED) is 0.213. The first-order valence-corrected chi connectivity index (χ1v) is 9.92. The maximum Gasteiger partial charge on any atom is 0.413 e. The third-order valence-corrected chi connectivity index (χ3v) is 5.63. The van der Waals surface area contributed by atoms with Gasteiger partial charge in [-0.15, -0.1) is 0 Å². The molecule has 8 nitrogen and oxygen atoms in total. The first-order chi connectivity index (χ1) is 13.7. The summed E-state index contributed by atoms with van der Waals surface area (Å²) >= 11 is 7.15. The van der Waals surface area contributed by atoms with Crippen LogP contribution < -0.4 is 4.90 Å². The Labute approximate surface area is 173 Å². The van der Waals surface area contributed by atoms with E-state index in [9.17, 15) is 28.8 Å². The first-order valence-electron chi connectivity index (χ1n) is 8.56. The Morgan fingerprint density at radius 1 is 1.41 bits per heavy atom. The van der Waals surface area contributed by atoms with E-state index in [2.05, 4.69) is 9.97 Å². The molecule has 0 bridgehead atoms. The number of nitrogens with zero attached hydrogens (tertiary/aromatic N) is 4. The van der Waals surface area contributed by atoms with Gasteiger partial charge < -0.3 is 5.11 Å². The summed E-state index contributed by atoms with van der Waals surface area (Å²) in [6.07, 6.45) is -0.418. The molecule has 1 aromatic carbocycles. The van der Waals surface area contributed by atoms with E-state index in [1.807, 2.05) is 6.92 Å². The number of aromatic nitrogens is 2. The summed E-state index contributed by atoms with van der Waals surface area (Å²) in [5.74, 6) is -2.35. The first kappa shape index (κ1) is 21.2. The number of thioether (sulfide) groups is 1. The Morgan fingerprint density at radius 3 is 2.72 bits per heavy atom. The summed E-state index contributed by atoms with van der Waals surface area (Å²) in [7, 11) is 0. The summed E-state index contributed by atoms with van der Waals surface area (Å²) in [5.41, 5.74) is -0.325. The number of carbonyl (C=O) groups is 1. The van der Waals surface area contributed by atoms with Gasteiger partial charge in [0, 0.05) is 17.7 Å². The van der Waals surface area contributed by atoms with Crippen molar-refractivity contribution in [3.05, 3.63) is 50.7 Å². The average Bonchev–Trinajstić information content (AvgIpc) is 3.41. The number of benzene rings is 1.